The number of hydrogen-bond donors (Lipinski definition) is 2. The molecule has 28 heavy (non-hydrogen) atoms. The Balaban J connectivity index is 1.86. The Morgan fingerprint density at radius 3 is 2.57 bits per heavy atom. The third kappa shape index (κ3) is 3.99. The molecule has 0 radical (unpaired) electrons. The number of amides is 2. The summed E-state index contributed by atoms with van der Waals surface area (Å²) >= 11 is 6.09. The average molecular weight is 406 g/mol. The van der Waals surface area contributed by atoms with E-state index in [0.29, 0.717) is 10.7 Å². The Morgan fingerprint density at radius 2 is 1.89 bits per heavy atom. The van der Waals surface area contributed by atoms with Gasteiger partial charge in [0.05, 0.1) is 16.9 Å². The molecule has 3 rings (SSSR count). The second-order valence-electron chi connectivity index (χ2n) is 5.69. The van der Waals surface area contributed by atoms with E-state index in [0.717, 1.165) is 12.1 Å². The first-order valence-corrected chi connectivity index (χ1v) is 8.43. The number of hydrogen-bond acceptors (Lipinski definition) is 4. The van der Waals surface area contributed by atoms with Gasteiger partial charge in [0.15, 0.2) is 17.3 Å². The first-order valence-electron chi connectivity index (χ1n) is 8.05. The van der Waals surface area contributed by atoms with Crippen molar-refractivity contribution in [3.8, 4) is 5.69 Å². The van der Waals surface area contributed by atoms with E-state index in [4.69, 9.17) is 11.6 Å². The maximum Gasteiger partial charge on any atom is 0.274 e. The van der Waals surface area contributed by atoms with Crippen molar-refractivity contribution in [1.82, 2.24) is 25.6 Å². The minimum atomic E-state index is -1.25. The Hall–Kier alpha value is -3.33. The normalized spacial score (nSPS) is 11.7. The highest BCUT2D eigenvalue weighted by molar-refractivity contribution is 6.32. The van der Waals surface area contributed by atoms with Gasteiger partial charge in [-0.3, -0.25) is 9.59 Å². The fourth-order valence-corrected chi connectivity index (χ4v) is 2.69. The lowest BCUT2D eigenvalue weighted by molar-refractivity contribution is -0.122. The molecule has 0 saturated heterocycles. The molecule has 2 aromatic carbocycles. The van der Waals surface area contributed by atoms with Crippen molar-refractivity contribution in [2.45, 2.75) is 6.04 Å². The molecular formula is C18H14ClF2N5O2. The Bertz CT molecular complexity index is 1040. The van der Waals surface area contributed by atoms with Crippen LogP contribution in [0.5, 0.6) is 0 Å². The van der Waals surface area contributed by atoms with Gasteiger partial charge < -0.3 is 10.6 Å². The average Bonchev–Trinajstić information content (AvgIpc) is 3.18. The molecule has 10 heteroatoms. The number of carbonyl (C=O) groups excluding carboxylic acids is 2. The highest BCUT2D eigenvalue weighted by atomic mass is 35.5. The maximum absolute atomic E-state index is 13.5. The molecule has 0 aliphatic carbocycles. The molecule has 3 aromatic rings. The maximum atomic E-state index is 13.5. The number of aromatic nitrogens is 3. The first kappa shape index (κ1) is 19.4. The van der Waals surface area contributed by atoms with Crippen LogP contribution in [0.1, 0.15) is 22.1 Å². The lowest BCUT2D eigenvalue weighted by Crippen LogP contribution is -2.39. The summed E-state index contributed by atoms with van der Waals surface area (Å²) in [6.45, 7) is 0. The fraction of sp³-hybridized carbons (Fsp3) is 0.111. The van der Waals surface area contributed by atoms with E-state index < -0.39 is 29.5 Å². The summed E-state index contributed by atoms with van der Waals surface area (Å²) in [4.78, 5) is 24.7. The number of carbonyl (C=O) groups is 2. The van der Waals surface area contributed by atoms with Gasteiger partial charge in [-0.2, -0.15) is 0 Å². The summed E-state index contributed by atoms with van der Waals surface area (Å²) in [5.41, 5.74) is 0.501. The van der Waals surface area contributed by atoms with Crippen LogP contribution in [-0.4, -0.2) is 33.9 Å². The molecule has 144 valence electrons. The summed E-state index contributed by atoms with van der Waals surface area (Å²) in [5, 5.41) is 12.8. The zero-order chi connectivity index (χ0) is 20.3. The predicted octanol–water partition coefficient (Wildman–Crippen LogP) is 2.42. The number of rotatable bonds is 5. The molecule has 0 fully saturated rings. The van der Waals surface area contributed by atoms with Crippen molar-refractivity contribution >= 4 is 23.4 Å². The minimum absolute atomic E-state index is 0.0742. The van der Waals surface area contributed by atoms with Crippen LogP contribution in [0.3, 0.4) is 0 Å². The lowest BCUT2D eigenvalue weighted by Gasteiger charge is -2.17. The standard InChI is InChI=1S/C18H14ClF2N5O2/c1-22-18(28)16(10-6-7-12(20)13(21)8-10)23-17(27)14-9-26(25-24-14)15-5-3-2-4-11(15)19/h2-9,16H,1H3,(H,22,28)(H,23,27). The van der Waals surface area contributed by atoms with Crippen molar-refractivity contribution in [2.24, 2.45) is 0 Å². The summed E-state index contributed by atoms with van der Waals surface area (Å²) in [6.07, 6.45) is 1.34. The molecule has 2 N–H and O–H groups in total. The van der Waals surface area contributed by atoms with Crippen molar-refractivity contribution in [1.29, 1.82) is 0 Å². The first-order chi connectivity index (χ1) is 13.4. The van der Waals surface area contributed by atoms with Crippen LogP contribution >= 0.6 is 11.6 Å². The van der Waals surface area contributed by atoms with Gasteiger partial charge in [-0.1, -0.05) is 35.0 Å². The molecule has 7 nitrogen and oxygen atoms in total. The van der Waals surface area contributed by atoms with Crippen LogP contribution in [0.2, 0.25) is 5.02 Å². The topological polar surface area (TPSA) is 88.9 Å². The Labute approximate surface area is 163 Å². The third-order valence-corrected chi connectivity index (χ3v) is 4.21. The van der Waals surface area contributed by atoms with Crippen molar-refractivity contribution in [3.63, 3.8) is 0 Å². The van der Waals surface area contributed by atoms with Gasteiger partial charge in [-0.05, 0) is 29.8 Å². The van der Waals surface area contributed by atoms with Gasteiger partial charge in [0.1, 0.15) is 6.04 Å². The SMILES string of the molecule is CNC(=O)C(NC(=O)c1cn(-c2ccccc2Cl)nn1)c1ccc(F)c(F)c1. The van der Waals surface area contributed by atoms with Gasteiger partial charge in [-0.15, -0.1) is 5.10 Å². The zero-order valence-electron chi connectivity index (χ0n) is 14.5. The Morgan fingerprint density at radius 1 is 1.14 bits per heavy atom. The van der Waals surface area contributed by atoms with Gasteiger partial charge in [-0.25, -0.2) is 13.5 Å². The second-order valence-corrected chi connectivity index (χ2v) is 6.10. The van der Waals surface area contributed by atoms with Gasteiger partial charge in [0.25, 0.3) is 5.91 Å². The van der Waals surface area contributed by atoms with Crippen molar-refractivity contribution < 1.29 is 18.4 Å². The van der Waals surface area contributed by atoms with Gasteiger partial charge >= 0.3 is 0 Å². The molecular weight excluding hydrogens is 392 g/mol. The molecule has 0 aliphatic heterocycles. The number of likely N-dealkylation sites (N-methyl/N-ethyl adjacent to an activating group) is 1. The van der Waals surface area contributed by atoms with Crippen LogP contribution in [0.4, 0.5) is 8.78 Å². The van der Waals surface area contributed by atoms with Crippen LogP contribution in [0, 0.1) is 11.6 Å². The lowest BCUT2D eigenvalue weighted by atomic mass is 10.1. The molecule has 1 aromatic heterocycles. The molecule has 0 bridgehead atoms. The number of halogens is 3. The van der Waals surface area contributed by atoms with E-state index in [9.17, 15) is 18.4 Å². The second kappa shape index (κ2) is 8.13. The molecule has 2 amide bonds. The summed E-state index contributed by atoms with van der Waals surface area (Å²) in [7, 11) is 1.36. The van der Waals surface area contributed by atoms with Crippen LogP contribution < -0.4 is 10.6 Å². The molecule has 1 heterocycles. The summed E-state index contributed by atoms with van der Waals surface area (Å²) in [6, 6.07) is 8.50. The van der Waals surface area contributed by atoms with Crippen molar-refractivity contribution in [3.05, 3.63) is 76.6 Å². The highest BCUT2D eigenvalue weighted by Gasteiger charge is 2.25. The van der Waals surface area contributed by atoms with Crippen molar-refractivity contribution in [2.75, 3.05) is 7.05 Å². The van der Waals surface area contributed by atoms with E-state index in [-0.39, 0.29) is 11.3 Å². The van der Waals surface area contributed by atoms with E-state index >= 15 is 0 Å². The summed E-state index contributed by atoms with van der Waals surface area (Å²) in [5.74, 6) is -3.53. The largest absolute Gasteiger partial charge is 0.357 e. The zero-order valence-corrected chi connectivity index (χ0v) is 15.2. The number of para-hydroxylation sites is 1. The highest BCUT2D eigenvalue weighted by Crippen LogP contribution is 2.20. The molecule has 1 atom stereocenters. The van der Waals surface area contributed by atoms with Crippen LogP contribution in [0.25, 0.3) is 5.69 Å². The molecule has 1 unspecified atom stereocenters. The Kier molecular flexibility index (Phi) is 5.65. The molecule has 0 aliphatic rings. The molecule has 0 saturated carbocycles. The number of benzene rings is 2. The minimum Gasteiger partial charge on any atom is -0.357 e. The monoisotopic (exact) mass is 405 g/mol. The fourth-order valence-electron chi connectivity index (χ4n) is 2.46. The van der Waals surface area contributed by atoms with E-state index in [2.05, 4.69) is 20.9 Å². The number of nitrogens with zero attached hydrogens (tertiary/aromatic N) is 3. The number of nitrogens with one attached hydrogen (secondary N) is 2. The van der Waals surface area contributed by atoms with Crippen LogP contribution in [0.15, 0.2) is 48.7 Å². The third-order valence-electron chi connectivity index (χ3n) is 3.89. The molecule has 0 spiro atoms. The van der Waals surface area contributed by atoms with Gasteiger partial charge in [0.2, 0.25) is 5.91 Å². The predicted molar refractivity (Wildman–Crippen MR) is 97.0 cm³/mol. The quantitative estimate of drug-likeness (QED) is 0.682. The summed E-state index contributed by atoms with van der Waals surface area (Å²) < 4.78 is 28.0. The van der Waals surface area contributed by atoms with Gasteiger partial charge in [0, 0.05) is 7.05 Å². The van der Waals surface area contributed by atoms with E-state index in [1.54, 1.807) is 24.3 Å². The smallest absolute Gasteiger partial charge is 0.274 e. The van der Waals surface area contributed by atoms with Crippen LogP contribution in [-0.2, 0) is 4.79 Å². The van der Waals surface area contributed by atoms with E-state index in [1.807, 2.05) is 0 Å². The van der Waals surface area contributed by atoms with E-state index in [1.165, 1.54) is 24.0 Å².